The van der Waals surface area contributed by atoms with Gasteiger partial charge in [0.25, 0.3) is 0 Å². The van der Waals surface area contributed by atoms with E-state index in [1.54, 1.807) is 24.2 Å². The summed E-state index contributed by atoms with van der Waals surface area (Å²) in [5, 5.41) is 0. The van der Waals surface area contributed by atoms with Crippen molar-refractivity contribution >= 4 is 17.7 Å². The highest BCUT2D eigenvalue weighted by Crippen LogP contribution is 2.22. The Bertz CT molecular complexity index is 402. The maximum absolute atomic E-state index is 12.1. The number of thioether (sulfide) groups is 1. The second-order valence-electron chi connectivity index (χ2n) is 5.05. The average molecular weight is 279 g/mol. The van der Waals surface area contributed by atoms with Gasteiger partial charge in [-0.15, -0.1) is 11.8 Å². The average Bonchev–Trinajstić information content (AvgIpc) is 2.46. The van der Waals surface area contributed by atoms with E-state index in [9.17, 15) is 4.79 Å². The molecule has 5 heteroatoms. The third kappa shape index (κ3) is 4.21. The number of amides is 1. The van der Waals surface area contributed by atoms with E-state index in [4.69, 9.17) is 5.73 Å². The van der Waals surface area contributed by atoms with Crippen LogP contribution in [0.5, 0.6) is 0 Å². The third-order valence-electron chi connectivity index (χ3n) is 3.65. The Morgan fingerprint density at radius 3 is 2.68 bits per heavy atom. The van der Waals surface area contributed by atoms with E-state index in [0.29, 0.717) is 11.7 Å². The first-order valence-corrected chi connectivity index (χ1v) is 7.71. The fraction of sp³-hybridized carbons (Fsp3) is 0.571. The van der Waals surface area contributed by atoms with Gasteiger partial charge >= 0.3 is 0 Å². The van der Waals surface area contributed by atoms with Crippen LogP contribution in [0.4, 0.5) is 0 Å². The lowest BCUT2D eigenvalue weighted by molar-refractivity contribution is -0.129. The van der Waals surface area contributed by atoms with Crippen LogP contribution in [-0.4, -0.2) is 40.7 Å². The van der Waals surface area contributed by atoms with Crippen molar-refractivity contribution in [2.75, 3.05) is 18.8 Å². The fourth-order valence-corrected chi connectivity index (χ4v) is 3.13. The second kappa shape index (κ2) is 6.91. The molecule has 2 heterocycles. The number of nitrogens with zero attached hydrogens (tertiary/aromatic N) is 2. The summed E-state index contributed by atoms with van der Waals surface area (Å²) in [6.45, 7) is 3.76. The van der Waals surface area contributed by atoms with Crippen LogP contribution in [0, 0.1) is 5.92 Å². The summed E-state index contributed by atoms with van der Waals surface area (Å²) in [5.74, 6) is 1.30. The summed E-state index contributed by atoms with van der Waals surface area (Å²) in [5.41, 5.74) is 5.91. The molecule has 1 saturated heterocycles. The summed E-state index contributed by atoms with van der Waals surface area (Å²) >= 11 is 1.57. The summed E-state index contributed by atoms with van der Waals surface area (Å²) in [7, 11) is 0. The topological polar surface area (TPSA) is 59.2 Å². The number of hydrogen-bond donors (Lipinski definition) is 1. The predicted octanol–water partition coefficient (Wildman–Crippen LogP) is 1.76. The van der Waals surface area contributed by atoms with Crippen LogP contribution < -0.4 is 5.73 Å². The summed E-state index contributed by atoms with van der Waals surface area (Å²) < 4.78 is 0. The van der Waals surface area contributed by atoms with Gasteiger partial charge in [-0.25, -0.2) is 0 Å². The van der Waals surface area contributed by atoms with Crippen molar-refractivity contribution in [2.24, 2.45) is 11.7 Å². The highest BCUT2D eigenvalue weighted by atomic mass is 32.2. The Labute approximate surface area is 118 Å². The molecule has 2 N–H and O–H groups in total. The van der Waals surface area contributed by atoms with E-state index < -0.39 is 0 Å². The zero-order chi connectivity index (χ0) is 13.7. The quantitative estimate of drug-likeness (QED) is 0.853. The van der Waals surface area contributed by atoms with E-state index in [1.165, 1.54) is 0 Å². The van der Waals surface area contributed by atoms with Gasteiger partial charge in [0.1, 0.15) is 0 Å². The molecule has 1 fully saturated rings. The number of carbonyl (C=O) groups is 1. The number of carbonyl (C=O) groups excluding carboxylic acids is 1. The molecular formula is C14H21N3OS. The standard InChI is InChI=1S/C14H21N3OS/c1-11(15)12-4-8-17(9-5-12)14(18)10-19-13-2-6-16-7-3-13/h2-3,6-7,11-12H,4-5,8-10,15H2,1H3. The lowest BCUT2D eigenvalue weighted by Crippen LogP contribution is -2.43. The summed E-state index contributed by atoms with van der Waals surface area (Å²) in [4.78, 5) is 19.1. The monoisotopic (exact) mass is 279 g/mol. The van der Waals surface area contributed by atoms with E-state index >= 15 is 0 Å². The molecule has 1 aliphatic rings. The Morgan fingerprint density at radius 1 is 1.47 bits per heavy atom. The van der Waals surface area contributed by atoms with Crippen LogP contribution in [0.2, 0.25) is 0 Å². The van der Waals surface area contributed by atoms with Gasteiger partial charge in [-0.2, -0.15) is 0 Å². The van der Waals surface area contributed by atoms with Gasteiger partial charge in [-0.05, 0) is 37.8 Å². The first kappa shape index (κ1) is 14.3. The molecule has 0 saturated carbocycles. The maximum Gasteiger partial charge on any atom is 0.232 e. The van der Waals surface area contributed by atoms with Crippen molar-refractivity contribution in [2.45, 2.75) is 30.7 Å². The van der Waals surface area contributed by atoms with Gasteiger partial charge < -0.3 is 10.6 Å². The van der Waals surface area contributed by atoms with Gasteiger partial charge in [-0.1, -0.05) is 0 Å². The number of hydrogen-bond acceptors (Lipinski definition) is 4. The van der Waals surface area contributed by atoms with Crippen molar-refractivity contribution in [1.82, 2.24) is 9.88 Å². The second-order valence-corrected chi connectivity index (χ2v) is 6.10. The highest BCUT2D eigenvalue weighted by Gasteiger charge is 2.24. The van der Waals surface area contributed by atoms with Crippen LogP contribution in [0.15, 0.2) is 29.4 Å². The molecule has 0 spiro atoms. The molecule has 0 aromatic carbocycles. The Morgan fingerprint density at radius 2 is 2.11 bits per heavy atom. The van der Waals surface area contributed by atoms with E-state index in [-0.39, 0.29) is 11.9 Å². The highest BCUT2D eigenvalue weighted by molar-refractivity contribution is 8.00. The predicted molar refractivity (Wildman–Crippen MR) is 77.9 cm³/mol. The van der Waals surface area contributed by atoms with Gasteiger partial charge in [0.2, 0.25) is 5.91 Å². The van der Waals surface area contributed by atoms with Crippen molar-refractivity contribution in [3.8, 4) is 0 Å². The van der Waals surface area contributed by atoms with Crippen molar-refractivity contribution < 1.29 is 4.79 Å². The van der Waals surface area contributed by atoms with Crippen LogP contribution in [0.1, 0.15) is 19.8 Å². The smallest absolute Gasteiger partial charge is 0.232 e. The first-order chi connectivity index (χ1) is 9.16. The maximum atomic E-state index is 12.1. The largest absolute Gasteiger partial charge is 0.342 e. The molecule has 1 amide bonds. The number of nitrogens with two attached hydrogens (primary N) is 1. The SMILES string of the molecule is CC(N)C1CCN(C(=O)CSc2ccncc2)CC1. The van der Waals surface area contributed by atoms with Crippen LogP contribution in [0.3, 0.4) is 0 Å². The third-order valence-corrected chi connectivity index (χ3v) is 4.64. The van der Waals surface area contributed by atoms with Gasteiger partial charge in [0, 0.05) is 36.4 Å². The number of aromatic nitrogens is 1. The molecule has 2 rings (SSSR count). The molecule has 1 unspecified atom stereocenters. The lowest BCUT2D eigenvalue weighted by Gasteiger charge is -2.33. The van der Waals surface area contributed by atoms with Gasteiger partial charge in [-0.3, -0.25) is 9.78 Å². The molecule has 0 bridgehead atoms. The van der Waals surface area contributed by atoms with Crippen LogP contribution in [0.25, 0.3) is 0 Å². The summed E-state index contributed by atoms with van der Waals surface area (Å²) in [6.07, 6.45) is 5.56. The lowest BCUT2D eigenvalue weighted by atomic mass is 9.91. The first-order valence-electron chi connectivity index (χ1n) is 6.73. The molecular weight excluding hydrogens is 258 g/mol. The molecule has 19 heavy (non-hydrogen) atoms. The molecule has 104 valence electrons. The fourth-order valence-electron chi connectivity index (χ4n) is 2.35. The molecule has 0 aliphatic carbocycles. The molecule has 1 aromatic rings. The zero-order valence-corrected chi connectivity index (χ0v) is 12.1. The number of rotatable bonds is 4. The number of piperidine rings is 1. The van der Waals surface area contributed by atoms with E-state index in [2.05, 4.69) is 11.9 Å². The molecule has 0 radical (unpaired) electrons. The van der Waals surface area contributed by atoms with Crippen LogP contribution in [-0.2, 0) is 4.79 Å². The normalized spacial score (nSPS) is 18.3. The Balaban J connectivity index is 1.76. The van der Waals surface area contributed by atoms with Crippen molar-refractivity contribution in [3.05, 3.63) is 24.5 Å². The van der Waals surface area contributed by atoms with Gasteiger partial charge in [0.15, 0.2) is 0 Å². The zero-order valence-electron chi connectivity index (χ0n) is 11.3. The number of likely N-dealkylation sites (tertiary alicyclic amines) is 1. The Hall–Kier alpha value is -1.07. The minimum absolute atomic E-state index is 0.227. The Kier molecular flexibility index (Phi) is 5.22. The van der Waals surface area contributed by atoms with Crippen molar-refractivity contribution in [1.29, 1.82) is 0 Å². The van der Waals surface area contributed by atoms with Gasteiger partial charge in [0.05, 0.1) is 5.75 Å². The summed E-state index contributed by atoms with van der Waals surface area (Å²) in [6, 6.07) is 4.10. The van der Waals surface area contributed by atoms with Crippen molar-refractivity contribution in [3.63, 3.8) is 0 Å². The molecule has 1 atom stereocenters. The molecule has 4 nitrogen and oxygen atoms in total. The minimum atomic E-state index is 0.227. The van der Waals surface area contributed by atoms with E-state index in [0.717, 1.165) is 30.8 Å². The number of pyridine rings is 1. The molecule has 1 aliphatic heterocycles. The molecule has 1 aromatic heterocycles. The minimum Gasteiger partial charge on any atom is -0.342 e. The van der Waals surface area contributed by atoms with E-state index in [1.807, 2.05) is 17.0 Å². The van der Waals surface area contributed by atoms with Crippen LogP contribution >= 0.6 is 11.8 Å².